The zero-order valence-corrected chi connectivity index (χ0v) is 26.6. The molecule has 3 aliphatic rings. The Morgan fingerprint density at radius 1 is 0.868 bits per heavy atom. The van der Waals surface area contributed by atoms with Gasteiger partial charge in [0.05, 0.1) is 27.8 Å². The van der Waals surface area contributed by atoms with Gasteiger partial charge in [-0.3, -0.25) is 0 Å². The maximum atomic E-state index is 12.5. The first-order valence-electron chi connectivity index (χ1n) is 13.1. The van der Waals surface area contributed by atoms with Crippen molar-refractivity contribution in [2.75, 3.05) is 0 Å². The second-order valence-corrected chi connectivity index (χ2v) is 13.8. The molecule has 2 aliphatic carbocycles. The van der Waals surface area contributed by atoms with Crippen molar-refractivity contribution in [3.63, 3.8) is 0 Å². The van der Waals surface area contributed by atoms with E-state index in [2.05, 4.69) is 79.7 Å². The molecule has 211 valence electrons. The van der Waals surface area contributed by atoms with Crippen LogP contribution in [0.25, 0.3) is 16.5 Å². The Hall–Kier alpha value is -1.95. The predicted octanol–water partition coefficient (Wildman–Crippen LogP) is 5.89. The van der Waals surface area contributed by atoms with Gasteiger partial charge in [0, 0.05) is 25.3 Å². The summed E-state index contributed by atoms with van der Waals surface area (Å²) in [6.07, 6.45) is 5.42. The molecule has 0 spiro atoms. The zero-order chi connectivity index (χ0) is 26.3. The molecule has 0 saturated carbocycles. The first-order valence-corrected chi connectivity index (χ1v) is 13.1. The van der Waals surface area contributed by atoms with Crippen LogP contribution < -0.4 is 29.6 Å². The maximum absolute atomic E-state index is 12.5. The number of hydrogen-bond acceptors (Lipinski definition) is 2. The van der Waals surface area contributed by atoms with Crippen LogP contribution in [0.1, 0.15) is 97.9 Å². The van der Waals surface area contributed by atoms with E-state index in [0.717, 1.165) is 57.7 Å². The molecule has 1 aromatic heterocycles. The molecule has 1 aliphatic heterocycles. The van der Waals surface area contributed by atoms with Crippen LogP contribution in [-0.4, -0.2) is 28.8 Å². The average Bonchev–Trinajstić information content (AvgIpc) is 3.19. The van der Waals surface area contributed by atoms with Gasteiger partial charge in [-0.25, -0.2) is 0 Å². The van der Waals surface area contributed by atoms with Crippen LogP contribution in [0.5, 0.6) is 0 Å². The molecular weight excluding hydrogens is 478 g/mol. The number of benzene rings is 2. The molecule has 0 amide bonds. The molecule has 2 heterocycles. The summed E-state index contributed by atoms with van der Waals surface area (Å²) >= 11 is 0. The first kappa shape index (κ1) is 30.6. The SMILES string of the molecule is CC1(C)C=C2C(=[N+]([O-])c3ccccc32)C(C)(C)C1.CC1(C)Cc2c(n(O)c3ccccc23)C(C)(C)C1.[B].[H-].[H-].[H-].[H-].[H-].[H-].[H-].[H-].[H-].[Na+]. The predicted molar refractivity (Wildman–Crippen MR) is 165 cm³/mol. The molecule has 3 radical (unpaired) electrons. The van der Waals surface area contributed by atoms with E-state index in [1.54, 1.807) is 0 Å². The van der Waals surface area contributed by atoms with Crippen LogP contribution in [0.15, 0.2) is 54.6 Å². The fourth-order valence-electron chi connectivity index (χ4n) is 7.67. The number of aromatic nitrogens is 1. The van der Waals surface area contributed by atoms with E-state index in [-0.39, 0.29) is 67.1 Å². The summed E-state index contributed by atoms with van der Waals surface area (Å²) in [5, 5.41) is 24.2. The molecule has 6 rings (SSSR count). The average molecular weight is 528 g/mol. The third kappa shape index (κ3) is 5.02. The zero-order valence-electron chi connectivity index (χ0n) is 33.6. The van der Waals surface area contributed by atoms with Crippen LogP contribution in [-0.2, 0) is 11.8 Å². The van der Waals surface area contributed by atoms with Crippen molar-refractivity contribution in [3.05, 3.63) is 76.6 Å². The van der Waals surface area contributed by atoms with E-state index in [4.69, 9.17) is 0 Å². The van der Waals surface area contributed by atoms with Crippen LogP contribution in [0.2, 0.25) is 0 Å². The standard InChI is InChI=1S/C16H21NO.C16H19NO.B.Na.9H/c2*1-15(2)9-12-11-7-5-6-8-13(11)17(18)14(12)16(3,4)10-15;;;;;;;;;;;/h5-8,18H,9-10H2,1-4H3;5-9H,10H2,1-4H3;;;;;;;;;;;/q;;;+1;9*-1. The third-order valence-corrected chi connectivity index (χ3v) is 8.12. The molecule has 1 N–H and O–H groups in total. The minimum absolute atomic E-state index is 0. The largest absolute Gasteiger partial charge is 1.00 e. The Bertz CT molecular complexity index is 1480. The van der Waals surface area contributed by atoms with Gasteiger partial charge in [0.1, 0.15) is 0 Å². The van der Waals surface area contributed by atoms with E-state index in [9.17, 15) is 10.4 Å². The van der Waals surface area contributed by atoms with Crippen LogP contribution in [0.3, 0.4) is 0 Å². The molecule has 0 atom stereocenters. The summed E-state index contributed by atoms with van der Waals surface area (Å²) in [5.74, 6) is 0. The molecule has 0 saturated heterocycles. The molecular formula is C32H49BN2NaO2-8. The third-order valence-electron chi connectivity index (χ3n) is 8.12. The van der Waals surface area contributed by atoms with Gasteiger partial charge in [0.25, 0.3) is 0 Å². The summed E-state index contributed by atoms with van der Waals surface area (Å²) in [4.78, 5) is 0. The van der Waals surface area contributed by atoms with Crippen molar-refractivity contribution >= 4 is 36.3 Å². The second-order valence-electron chi connectivity index (χ2n) is 13.8. The Morgan fingerprint density at radius 2 is 1.47 bits per heavy atom. The summed E-state index contributed by atoms with van der Waals surface area (Å²) in [5.41, 5.74) is 7.70. The topological polar surface area (TPSA) is 51.2 Å². The van der Waals surface area contributed by atoms with Crippen LogP contribution in [0.4, 0.5) is 5.69 Å². The normalized spacial score (nSPS) is 21.0. The number of para-hydroxylation sites is 2. The fourth-order valence-corrected chi connectivity index (χ4v) is 7.67. The van der Waals surface area contributed by atoms with Crippen molar-refractivity contribution in [1.29, 1.82) is 0 Å². The monoisotopic (exact) mass is 527 g/mol. The molecule has 0 fully saturated rings. The van der Waals surface area contributed by atoms with Gasteiger partial charge in [0.2, 0.25) is 11.4 Å². The fraction of sp³-hybridized carbons (Fsp3) is 0.469. The molecule has 0 unspecified atom stereocenters. The van der Waals surface area contributed by atoms with E-state index < -0.39 is 0 Å². The minimum atomic E-state index is -0.0750. The second kappa shape index (κ2) is 9.91. The van der Waals surface area contributed by atoms with Gasteiger partial charge >= 0.3 is 29.6 Å². The molecule has 38 heavy (non-hydrogen) atoms. The number of nitrogens with zero attached hydrogens (tertiary/aromatic N) is 2. The Balaban J connectivity index is -0.000000110. The molecule has 6 heteroatoms. The van der Waals surface area contributed by atoms with E-state index in [1.165, 1.54) is 15.7 Å². The number of allylic oxidation sites excluding steroid dienone is 2. The molecule has 0 bridgehead atoms. The Labute approximate surface area is 265 Å². The van der Waals surface area contributed by atoms with Crippen molar-refractivity contribution in [1.82, 2.24) is 4.73 Å². The van der Waals surface area contributed by atoms with Crippen LogP contribution in [0, 0.1) is 21.5 Å². The van der Waals surface area contributed by atoms with E-state index in [1.807, 2.05) is 30.3 Å². The van der Waals surface area contributed by atoms with Crippen LogP contribution >= 0.6 is 0 Å². The van der Waals surface area contributed by atoms with Gasteiger partial charge in [-0.1, -0.05) is 78.0 Å². The first-order chi connectivity index (χ1) is 16.6. The van der Waals surface area contributed by atoms with Gasteiger partial charge in [-0.15, -0.1) is 0 Å². The van der Waals surface area contributed by atoms with E-state index >= 15 is 0 Å². The van der Waals surface area contributed by atoms with Crippen molar-refractivity contribution < 1.29 is 52.3 Å². The summed E-state index contributed by atoms with van der Waals surface area (Å²) in [6.45, 7) is 17.9. The van der Waals surface area contributed by atoms with Gasteiger partial charge in [-0.2, -0.15) is 9.47 Å². The number of hydrogen-bond donors (Lipinski definition) is 1. The quantitative estimate of drug-likeness (QED) is 0.172. The number of fused-ring (bicyclic) bond motifs is 6. The Kier molecular flexibility index (Phi) is 7.98. The van der Waals surface area contributed by atoms with Gasteiger partial charge in [0.15, 0.2) is 0 Å². The van der Waals surface area contributed by atoms with E-state index in [0.29, 0.717) is 5.41 Å². The maximum Gasteiger partial charge on any atom is 1.00 e. The Morgan fingerprint density at radius 3 is 2.16 bits per heavy atom. The van der Waals surface area contributed by atoms with Gasteiger partial charge in [-0.05, 0) is 61.6 Å². The molecule has 2 aromatic carbocycles. The summed E-state index contributed by atoms with van der Waals surface area (Å²) in [6, 6.07) is 16.1. The number of rotatable bonds is 0. The van der Waals surface area contributed by atoms with Crippen molar-refractivity contribution in [2.24, 2.45) is 16.2 Å². The van der Waals surface area contributed by atoms with Crippen molar-refractivity contribution in [2.45, 2.75) is 80.1 Å². The van der Waals surface area contributed by atoms with Crippen molar-refractivity contribution in [3.8, 4) is 0 Å². The summed E-state index contributed by atoms with van der Waals surface area (Å²) < 4.78 is 2.55. The smallest absolute Gasteiger partial charge is 1.00 e. The molecule has 4 nitrogen and oxygen atoms in total. The van der Waals surface area contributed by atoms with Gasteiger partial charge < -0.3 is 23.3 Å². The summed E-state index contributed by atoms with van der Waals surface area (Å²) in [7, 11) is 0. The molecule has 3 aromatic rings. The minimum Gasteiger partial charge on any atom is -1.00 e.